The Labute approximate surface area is 119 Å². The van der Waals surface area contributed by atoms with E-state index in [9.17, 15) is 0 Å². The molecule has 3 aromatic rings. The molecule has 1 heterocycles. The van der Waals surface area contributed by atoms with Gasteiger partial charge < -0.3 is 0 Å². The zero-order chi connectivity index (χ0) is 13.9. The van der Waals surface area contributed by atoms with Crippen molar-refractivity contribution in [1.29, 1.82) is 0 Å². The van der Waals surface area contributed by atoms with E-state index >= 15 is 0 Å². The Morgan fingerprint density at radius 1 is 0.700 bits per heavy atom. The third kappa shape index (κ3) is 2.35. The number of hydrogen-bond acceptors (Lipinski definition) is 1. The van der Waals surface area contributed by atoms with Gasteiger partial charge in [-0.1, -0.05) is 54.6 Å². The van der Waals surface area contributed by atoms with Crippen molar-refractivity contribution >= 4 is 0 Å². The molecule has 0 unspecified atom stereocenters. The fourth-order valence-corrected chi connectivity index (χ4v) is 2.35. The summed E-state index contributed by atoms with van der Waals surface area (Å²) in [6.07, 6.45) is 1.95. The number of hydrogen-bond donors (Lipinski definition) is 0. The molecule has 0 atom stereocenters. The summed E-state index contributed by atoms with van der Waals surface area (Å²) in [5.74, 6) is 0. The molecule has 0 saturated heterocycles. The Morgan fingerprint density at radius 2 is 1.35 bits per heavy atom. The molecule has 0 bridgehead atoms. The molecule has 0 aliphatic rings. The van der Waals surface area contributed by atoms with Gasteiger partial charge in [0.05, 0.1) is 5.69 Å². The molecule has 3 rings (SSSR count). The predicted octanol–water partition coefficient (Wildman–Crippen LogP) is 5.03. The van der Waals surface area contributed by atoms with Crippen molar-refractivity contribution in [3.8, 4) is 22.4 Å². The largest absolute Gasteiger partial charge is 0.256 e. The van der Waals surface area contributed by atoms with Crippen molar-refractivity contribution in [2.45, 2.75) is 13.8 Å². The molecule has 0 N–H and O–H groups in total. The van der Waals surface area contributed by atoms with Crippen molar-refractivity contribution < 1.29 is 0 Å². The second kappa shape index (κ2) is 5.30. The van der Waals surface area contributed by atoms with Crippen LogP contribution in [0.4, 0.5) is 0 Å². The molecule has 1 nitrogen and oxygen atoms in total. The second-order valence-corrected chi connectivity index (χ2v) is 5.07. The molecule has 0 radical (unpaired) electrons. The molecule has 0 amide bonds. The van der Waals surface area contributed by atoms with E-state index in [0.717, 1.165) is 5.69 Å². The number of rotatable bonds is 2. The summed E-state index contributed by atoms with van der Waals surface area (Å²) in [5.41, 5.74) is 7.17. The Balaban J connectivity index is 2.17. The first kappa shape index (κ1) is 12.6. The SMILES string of the molecule is Cc1cnc(-c2ccccc2-c2ccccc2)cc1C. The normalized spacial score (nSPS) is 10.5. The summed E-state index contributed by atoms with van der Waals surface area (Å²) in [5, 5.41) is 0. The molecule has 0 spiro atoms. The topological polar surface area (TPSA) is 12.9 Å². The molecule has 0 aliphatic carbocycles. The van der Waals surface area contributed by atoms with Gasteiger partial charge in [-0.2, -0.15) is 0 Å². The van der Waals surface area contributed by atoms with Crippen LogP contribution >= 0.6 is 0 Å². The molecular weight excluding hydrogens is 242 g/mol. The Bertz CT molecular complexity index is 730. The lowest BCUT2D eigenvalue weighted by Crippen LogP contribution is -1.91. The number of pyridine rings is 1. The lowest BCUT2D eigenvalue weighted by atomic mass is 9.96. The van der Waals surface area contributed by atoms with Gasteiger partial charge in [-0.15, -0.1) is 0 Å². The number of aryl methyl sites for hydroxylation is 2. The molecule has 2 aromatic carbocycles. The fourth-order valence-electron chi connectivity index (χ4n) is 2.35. The summed E-state index contributed by atoms with van der Waals surface area (Å²) >= 11 is 0. The van der Waals surface area contributed by atoms with Gasteiger partial charge in [0, 0.05) is 11.8 Å². The molecule has 1 heteroatoms. The molecule has 0 fully saturated rings. The maximum atomic E-state index is 4.60. The fraction of sp³-hybridized carbons (Fsp3) is 0.105. The Morgan fingerprint density at radius 3 is 2.05 bits per heavy atom. The number of benzene rings is 2. The minimum atomic E-state index is 1.03. The smallest absolute Gasteiger partial charge is 0.0711 e. The maximum Gasteiger partial charge on any atom is 0.0711 e. The third-order valence-electron chi connectivity index (χ3n) is 3.66. The highest BCUT2D eigenvalue weighted by molar-refractivity contribution is 5.81. The van der Waals surface area contributed by atoms with Gasteiger partial charge in [-0.25, -0.2) is 0 Å². The van der Waals surface area contributed by atoms with Gasteiger partial charge in [0.15, 0.2) is 0 Å². The molecule has 1 aromatic heterocycles. The van der Waals surface area contributed by atoms with E-state index in [1.807, 2.05) is 12.3 Å². The summed E-state index contributed by atoms with van der Waals surface area (Å²) in [6, 6.07) is 21.1. The minimum absolute atomic E-state index is 1.03. The molecule has 0 aliphatic heterocycles. The summed E-state index contributed by atoms with van der Waals surface area (Å²) in [6.45, 7) is 4.22. The van der Waals surface area contributed by atoms with Crippen LogP contribution in [0.3, 0.4) is 0 Å². The van der Waals surface area contributed by atoms with Gasteiger partial charge in [-0.05, 0) is 42.2 Å². The number of aromatic nitrogens is 1. The first-order chi connectivity index (χ1) is 9.75. The van der Waals surface area contributed by atoms with Gasteiger partial charge >= 0.3 is 0 Å². The van der Waals surface area contributed by atoms with E-state index in [4.69, 9.17) is 0 Å². The van der Waals surface area contributed by atoms with Crippen LogP contribution in [0.2, 0.25) is 0 Å². The van der Waals surface area contributed by atoms with Crippen LogP contribution in [0.5, 0.6) is 0 Å². The van der Waals surface area contributed by atoms with Crippen LogP contribution in [-0.2, 0) is 0 Å². The van der Waals surface area contributed by atoms with E-state index in [1.54, 1.807) is 0 Å². The van der Waals surface area contributed by atoms with E-state index in [1.165, 1.54) is 27.8 Å². The maximum absolute atomic E-state index is 4.60. The van der Waals surface area contributed by atoms with Crippen LogP contribution in [0.15, 0.2) is 66.9 Å². The Hall–Kier alpha value is -2.41. The number of nitrogens with zero attached hydrogens (tertiary/aromatic N) is 1. The highest BCUT2D eigenvalue weighted by Crippen LogP contribution is 2.31. The van der Waals surface area contributed by atoms with Gasteiger partial charge in [-0.3, -0.25) is 4.98 Å². The van der Waals surface area contributed by atoms with E-state index in [0.29, 0.717) is 0 Å². The van der Waals surface area contributed by atoms with E-state index < -0.39 is 0 Å². The average Bonchev–Trinajstić information content (AvgIpc) is 2.51. The van der Waals surface area contributed by atoms with Crippen molar-refractivity contribution in [2.24, 2.45) is 0 Å². The molecule has 20 heavy (non-hydrogen) atoms. The molecule has 0 saturated carbocycles. The molecular formula is C19H17N. The standard InChI is InChI=1S/C19H17N/c1-14-12-19(20-13-15(14)2)18-11-7-6-10-17(18)16-8-4-3-5-9-16/h3-13H,1-2H3. The zero-order valence-electron chi connectivity index (χ0n) is 11.8. The van der Waals surface area contributed by atoms with Gasteiger partial charge in [0.2, 0.25) is 0 Å². The predicted molar refractivity (Wildman–Crippen MR) is 84.6 cm³/mol. The summed E-state index contributed by atoms with van der Waals surface area (Å²) in [7, 11) is 0. The van der Waals surface area contributed by atoms with Crippen LogP contribution in [0.25, 0.3) is 22.4 Å². The van der Waals surface area contributed by atoms with Crippen LogP contribution in [0, 0.1) is 13.8 Å². The van der Waals surface area contributed by atoms with Crippen LogP contribution < -0.4 is 0 Å². The highest BCUT2D eigenvalue weighted by atomic mass is 14.7. The van der Waals surface area contributed by atoms with E-state index in [-0.39, 0.29) is 0 Å². The van der Waals surface area contributed by atoms with E-state index in [2.05, 4.69) is 73.4 Å². The first-order valence-electron chi connectivity index (χ1n) is 6.84. The van der Waals surface area contributed by atoms with Crippen molar-refractivity contribution in [2.75, 3.05) is 0 Å². The van der Waals surface area contributed by atoms with Crippen LogP contribution in [0.1, 0.15) is 11.1 Å². The monoisotopic (exact) mass is 259 g/mol. The zero-order valence-corrected chi connectivity index (χ0v) is 11.8. The van der Waals surface area contributed by atoms with Gasteiger partial charge in [0.1, 0.15) is 0 Å². The minimum Gasteiger partial charge on any atom is -0.256 e. The Kier molecular flexibility index (Phi) is 3.34. The second-order valence-electron chi connectivity index (χ2n) is 5.07. The van der Waals surface area contributed by atoms with Crippen LogP contribution in [-0.4, -0.2) is 4.98 Å². The van der Waals surface area contributed by atoms with Crippen molar-refractivity contribution in [3.05, 3.63) is 78.0 Å². The quantitative estimate of drug-likeness (QED) is 0.628. The van der Waals surface area contributed by atoms with Crippen molar-refractivity contribution in [1.82, 2.24) is 4.98 Å². The molecule has 98 valence electrons. The lowest BCUT2D eigenvalue weighted by molar-refractivity contribution is 1.22. The summed E-state index contributed by atoms with van der Waals surface area (Å²) < 4.78 is 0. The van der Waals surface area contributed by atoms with Crippen molar-refractivity contribution in [3.63, 3.8) is 0 Å². The third-order valence-corrected chi connectivity index (χ3v) is 3.66. The average molecular weight is 259 g/mol. The lowest BCUT2D eigenvalue weighted by Gasteiger charge is -2.10. The summed E-state index contributed by atoms with van der Waals surface area (Å²) in [4.78, 5) is 4.60. The highest BCUT2D eigenvalue weighted by Gasteiger charge is 2.08. The first-order valence-corrected chi connectivity index (χ1v) is 6.84. The van der Waals surface area contributed by atoms with Gasteiger partial charge in [0.25, 0.3) is 0 Å².